The van der Waals surface area contributed by atoms with E-state index in [9.17, 15) is 14.7 Å². The van der Waals surface area contributed by atoms with Crippen LogP contribution in [0, 0.1) is 17.7 Å². The molecule has 0 spiro atoms. The van der Waals surface area contributed by atoms with E-state index < -0.39 is 30.1 Å². The number of rotatable bonds is 5. The van der Waals surface area contributed by atoms with Crippen molar-refractivity contribution in [2.45, 2.75) is 58.3 Å². The van der Waals surface area contributed by atoms with Crippen LogP contribution in [0.1, 0.15) is 45.6 Å². The molecule has 1 N–H and O–H groups in total. The van der Waals surface area contributed by atoms with Crippen LogP contribution in [-0.4, -0.2) is 101 Å². The average molecular weight is 650 g/mol. The summed E-state index contributed by atoms with van der Waals surface area (Å²) in [6.45, 7) is 8.46. The number of cyclic esters (lactones) is 1. The summed E-state index contributed by atoms with van der Waals surface area (Å²) in [5, 5.41) is 18.9. The highest BCUT2D eigenvalue weighted by Gasteiger charge is 2.29. The molecule has 3 heterocycles. The molecule has 0 aliphatic carbocycles. The number of halogens is 1. The molecule has 5 atom stereocenters. The number of ether oxygens (including phenoxy) is 3. The third-order valence-corrected chi connectivity index (χ3v) is 8.95. The smallest absolute Gasteiger partial charge is 0.410 e. The van der Waals surface area contributed by atoms with Gasteiger partial charge in [0.2, 0.25) is 0 Å². The summed E-state index contributed by atoms with van der Waals surface area (Å²) < 4.78 is 34.0. The first-order valence-electron chi connectivity index (χ1n) is 16.1. The Kier molecular flexibility index (Phi) is 10.9. The molecule has 1 fully saturated rings. The molecule has 1 saturated heterocycles. The normalized spacial score (nSPS) is 25.9. The van der Waals surface area contributed by atoms with Gasteiger partial charge in [-0.2, -0.15) is 0 Å². The minimum Gasteiger partial charge on any atom is -0.497 e. The van der Waals surface area contributed by atoms with Gasteiger partial charge >= 0.3 is 12.1 Å². The lowest BCUT2D eigenvalue weighted by atomic mass is 9.91. The van der Waals surface area contributed by atoms with Crippen molar-refractivity contribution in [1.82, 2.24) is 24.8 Å². The maximum Gasteiger partial charge on any atom is 0.410 e. The zero-order chi connectivity index (χ0) is 33.7. The van der Waals surface area contributed by atoms with Crippen molar-refractivity contribution in [2.24, 2.45) is 11.8 Å². The Bertz CT molecular complexity index is 1610. The second-order valence-corrected chi connectivity index (χ2v) is 12.7. The van der Waals surface area contributed by atoms with Gasteiger partial charge in [-0.15, -0.1) is 5.10 Å². The molecule has 11 nitrogen and oxygen atoms in total. The number of hydrogen-bond donors (Lipinski definition) is 1. The van der Waals surface area contributed by atoms with E-state index in [1.54, 1.807) is 41.0 Å². The van der Waals surface area contributed by atoms with Gasteiger partial charge in [0.25, 0.3) is 0 Å². The molecule has 2 aliphatic rings. The molecule has 252 valence electrons. The first kappa shape index (κ1) is 34.1. The molecule has 2 aromatic carbocycles. The summed E-state index contributed by atoms with van der Waals surface area (Å²) in [6.07, 6.45) is 3.77. The van der Waals surface area contributed by atoms with E-state index >= 15 is 4.39 Å². The quantitative estimate of drug-likeness (QED) is 0.301. The average Bonchev–Trinajstić information content (AvgIpc) is 3.48. The Labute approximate surface area is 274 Å². The highest BCUT2D eigenvalue weighted by Crippen LogP contribution is 2.28. The van der Waals surface area contributed by atoms with Crippen LogP contribution in [0.4, 0.5) is 9.18 Å². The number of esters is 1. The molecule has 5 rings (SSSR count). The molecule has 47 heavy (non-hydrogen) atoms. The SMILES string of the molecule is COc1ccc(-n2nnc3c(F)cc(/C=C(\C)[C@H]4OC(=O)C[C@@H](O)CC[C@@H](C)[C@@H](OC(=O)N5CCN(C)CC5)/C=C/[C@@H]4C)cc32)cc1. The van der Waals surface area contributed by atoms with Gasteiger partial charge in [0, 0.05) is 32.1 Å². The summed E-state index contributed by atoms with van der Waals surface area (Å²) >= 11 is 0. The number of aliphatic hydroxyl groups excluding tert-OH is 1. The second-order valence-electron chi connectivity index (χ2n) is 12.7. The van der Waals surface area contributed by atoms with Crippen LogP contribution in [0.2, 0.25) is 0 Å². The van der Waals surface area contributed by atoms with E-state index in [1.807, 2.05) is 52.1 Å². The maximum atomic E-state index is 15.3. The number of benzene rings is 2. The number of aromatic nitrogens is 3. The lowest BCUT2D eigenvalue weighted by Crippen LogP contribution is -2.48. The number of aliphatic hydroxyl groups is 1. The first-order valence-corrected chi connectivity index (χ1v) is 16.1. The van der Waals surface area contributed by atoms with Gasteiger partial charge in [0.1, 0.15) is 23.5 Å². The molecule has 1 amide bonds. The summed E-state index contributed by atoms with van der Waals surface area (Å²) in [4.78, 5) is 29.9. The van der Waals surface area contributed by atoms with E-state index in [4.69, 9.17) is 14.2 Å². The molecule has 0 bridgehead atoms. The summed E-state index contributed by atoms with van der Waals surface area (Å²) in [5.74, 6) is -0.796. The Morgan fingerprint density at radius 3 is 2.51 bits per heavy atom. The van der Waals surface area contributed by atoms with E-state index in [2.05, 4.69) is 15.2 Å². The molecule has 12 heteroatoms. The molecule has 0 saturated carbocycles. The van der Waals surface area contributed by atoms with Gasteiger partial charge in [-0.05, 0) is 86.3 Å². The van der Waals surface area contributed by atoms with Crippen LogP contribution in [0.5, 0.6) is 5.75 Å². The molecular formula is C35H44FN5O6. The van der Waals surface area contributed by atoms with Gasteiger partial charge in [-0.25, -0.2) is 13.9 Å². The zero-order valence-corrected chi connectivity index (χ0v) is 27.6. The van der Waals surface area contributed by atoms with Gasteiger partial charge < -0.3 is 29.1 Å². The number of hydrogen-bond acceptors (Lipinski definition) is 9. The highest BCUT2D eigenvalue weighted by molar-refractivity contribution is 5.80. The Hall–Kier alpha value is -4.29. The number of likely N-dealkylation sites (N-methyl/N-ethyl adjacent to an activating group) is 1. The number of nitrogens with zero attached hydrogens (tertiary/aromatic N) is 5. The standard InChI is InChI=1S/C35H44FN5O6/c1-22-6-10-27(42)21-32(43)47-34(23(2)7-13-31(22)46-35(44)40-16-14-39(4)15-17-40)24(3)18-25-19-29(36)33-30(20-25)41(38-37-33)26-8-11-28(45-5)12-9-26/h7-9,11-13,18-20,22-23,27,31,34,42H,6,10,14-17,21H2,1-5H3/b13-7+,24-18+/t22-,23+,27+,31+,34+/m1/s1. The molecule has 2 aliphatic heterocycles. The molecule has 0 radical (unpaired) electrons. The number of amides is 1. The lowest BCUT2D eigenvalue weighted by Gasteiger charge is -2.33. The van der Waals surface area contributed by atoms with E-state index in [1.165, 1.54) is 6.07 Å². The summed E-state index contributed by atoms with van der Waals surface area (Å²) in [7, 11) is 3.61. The first-order chi connectivity index (χ1) is 22.5. The fraction of sp³-hybridized carbons (Fsp3) is 0.486. The third-order valence-electron chi connectivity index (χ3n) is 8.95. The van der Waals surface area contributed by atoms with Crippen molar-refractivity contribution >= 4 is 29.2 Å². The van der Waals surface area contributed by atoms with Gasteiger partial charge in [-0.1, -0.05) is 31.2 Å². The van der Waals surface area contributed by atoms with Crippen molar-refractivity contribution in [3.63, 3.8) is 0 Å². The third kappa shape index (κ3) is 8.36. The number of carbonyl (C=O) groups excluding carboxylic acids is 2. The van der Waals surface area contributed by atoms with Crippen molar-refractivity contribution in [3.8, 4) is 11.4 Å². The van der Waals surface area contributed by atoms with Gasteiger partial charge in [-0.3, -0.25) is 4.79 Å². The van der Waals surface area contributed by atoms with E-state index in [-0.39, 0.29) is 29.9 Å². The molecule has 1 aromatic heterocycles. The monoisotopic (exact) mass is 649 g/mol. The van der Waals surface area contributed by atoms with E-state index in [0.717, 1.165) is 13.1 Å². The minimum absolute atomic E-state index is 0.0890. The number of methoxy groups -OCH3 is 1. The molecular weight excluding hydrogens is 605 g/mol. The fourth-order valence-electron chi connectivity index (χ4n) is 5.97. The highest BCUT2D eigenvalue weighted by atomic mass is 19.1. The summed E-state index contributed by atoms with van der Waals surface area (Å²) in [6, 6.07) is 10.3. The second kappa shape index (κ2) is 15.1. The summed E-state index contributed by atoms with van der Waals surface area (Å²) in [5.41, 5.74) is 2.50. The van der Waals surface area contributed by atoms with E-state index in [0.29, 0.717) is 54.0 Å². The van der Waals surface area contributed by atoms with Crippen LogP contribution in [0.15, 0.2) is 54.1 Å². The molecule has 3 aromatic rings. The van der Waals surface area contributed by atoms with Crippen LogP contribution in [-0.2, 0) is 14.3 Å². The van der Waals surface area contributed by atoms with Crippen LogP contribution >= 0.6 is 0 Å². The zero-order valence-electron chi connectivity index (χ0n) is 27.6. The minimum atomic E-state index is -0.898. The number of fused-ring (bicyclic) bond motifs is 1. The fourth-order valence-corrected chi connectivity index (χ4v) is 5.97. The lowest BCUT2D eigenvalue weighted by molar-refractivity contribution is -0.151. The maximum absolute atomic E-state index is 15.3. The van der Waals surface area contributed by atoms with Crippen molar-refractivity contribution in [1.29, 1.82) is 0 Å². The Morgan fingerprint density at radius 2 is 1.81 bits per heavy atom. The van der Waals surface area contributed by atoms with Gasteiger partial charge in [0.05, 0.1) is 30.8 Å². The largest absolute Gasteiger partial charge is 0.497 e. The number of piperazine rings is 1. The van der Waals surface area contributed by atoms with Crippen LogP contribution < -0.4 is 4.74 Å². The van der Waals surface area contributed by atoms with Gasteiger partial charge in [0.15, 0.2) is 5.82 Å². The van der Waals surface area contributed by atoms with Crippen LogP contribution in [0.3, 0.4) is 0 Å². The van der Waals surface area contributed by atoms with Crippen molar-refractivity contribution in [3.05, 3.63) is 65.5 Å². The predicted octanol–water partition coefficient (Wildman–Crippen LogP) is 5.01. The molecule has 0 unspecified atom stereocenters. The number of carbonyl (C=O) groups is 2. The van der Waals surface area contributed by atoms with Crippen molar-refractivity contribution in [2.75, 3.05) is 40.3 Å². The Morgan fingerprint density at radius 1 is 1.09 bits per heavy atom. The van der Waals surface area contributed by atoms with Crippen molar-refractivity contribution < 1.29 is 33.3 Å². The topological polar surface area (TPSA) is 119 Å². The predicted molar refractivity (Wildman–Crippen MR) is 176 cm³/mol. The van der Waals surface area contributed by atoms with Crippen LogP contribution in [0.25, 0.3) is 22.8 Å². The Balaban J connectivity index is 1.42.